The van der Waals surface area contributed by atoms with Crippen molar-refractivity contribution in [2.24, 2.45) is 0 Å². The van der Waals surface area contributed by atoms with Gasteiger partial charge in [0, 0.05) is 11.6 Å². The molecule has 5 heteroatoms. The van der Waals surface area contributed by atoms with Gasteiger partial charge in [-0.25, -0.2) is 4.79 Å². The van der Waals surface area contributed by atoms with E-state index in [0.717, 1.165) is 12.8 Å². The minimum atomic E-state index is -1.01. The van der Waals surface area contributed by atoms with Crippen LogP contribution in [-0.2, 0) is 9.53 Å². The van der Waals surface area contributed by atoms with Crippen LogP contribution in [0.3, 0.4) is 0 Å². The number of hydrogen-bond acceptors (Lipinski definition) is 4. The van der Waals surface area contributed by atoms with Crippen LogP contribution in [0, 0.1) is 11.3 Å². The van der Waals surface area contributed by atoms with Gasteiger partial charge in [0.15, 0.2) is 0 Å². The predicted octanol–water partition coefficient (Wildman–Crippen LogP) is 2.73. The van der Waals surface area contributed by atoms with Gasteiger partial charge in [0.1, 0.15) is 0 Å². The third kappa shape index (κ3) is 3.79. The van der Waals surface area contributed by atoms with E-state index in [1.165, 1.54) is 6.07 Å². The molecule has 2 aromatic rings. The molecule has 0 heterocycles. The van der Waals surface area contributed by atoms with E-state index in [2.05, 4.69) is 5.32 Å². The minimum Gasteiger partial charge on any atom is -0.444 e. The van der Waals surface area contributed by atoms with Crippen LogP contribution in [0.2, 0.25) is 0 Å². The fourth-order valence-corrected chi connectivity index (χ4v) is 2.30. The van der Waals surface area contributed by atoms with E-state index in [1.807, 2.05) is 12.1 Å². The second kappa shape index (κ2) is 6.97. The molecule has 2 aromatic carbocycles. The lowest BCUT2D eigenvalue weighted by atomic mass is 10.1. The molecule has 0 bridgehead atoms. The zero-order chi connectivity index (χ0) is 16.9. The third-order valence-corrected chi connectivity index (χ3v) is 3.72. The maximum atomic E-state index is 12.4. The lowest BCUT2D eigenvalue weighted by Crippen LogP contribution is -2.33. The van der Waals surface area contributed by atoms with E-state index in [9.17, 15) is 9.59 Å². The molecule has 1 N–H and O–H groups in total. The number of amides is 1. The lowest BCUT2D eigenvalue weighted by Gasteiger charge is -2.18. The number of rotatable bonds is 5. The van der Waals surface area contributed by atoms with E-state index in [-0.39, 0.29) is 17.5 Å². The summed E-state index contributed by atoms with van der Waals surface area (Å²) < 4.78 is 5.45. The quantitative estimate of drug-likeness (QED) is 0.859. The van der Waals surface area contributed by atoms with Crippen molar-refractivity contribution in [3.8, 4) is 6.07 Å². The fraction of sp³-hybridized carbons (Fsp3) is 0.211. The van der Waals surface area contributed by atoms with Crippen LogP contribution < -0.4 is 5.32 Å². The highest BCUT2D eigenvalue weighted by Gasteiger charge is 2.31. The number of nitrogens with one attached hydrogen (secondary N) is 1. The molecular formula is C19H16N2O3. The Hall–Kier alpha value is -3.13. The van der Waals surface area contributed by atoms with Crippen molar-refractivity contribution in [1.29, 1.82) is 5.26 Å². The van der Waals surface area contributed by atoms with Crippen LogP contribution in [0.1, 0.15) is 40.4 Å². The molecule has 0 aromatic heterocycles. The first-order chi connectivity index (χ1) is 11.7. The molecular weight excluding hydrogens is 304 g/mol. The normalized spacial score (nSPS) is 14.3. The summed E-state index contributed by atoms with van der Waals surface area (Å²) in [6.07, 6.45) is 0.890. The Labute approximate surface area is 139 Å². The Bertz CT molecular complexity index is 792. The highest BCUT2D eigenvalue weighted by Crippen LogP contribution is 2.24. The molecule has 0 aliphatic heterocycles. The number of benzene rings is 2. The van der Waals surface area contributed by atoms with Crippen LogP contribution >= 0.6 is 0 Å². The maximum absolute atomic E-state index is 12.4. The molecule has 5 nitrogen and oxygen atoms in total. The lowest BCUT2D eigenvalue weighted by molar-refractivity contribution is -0.130. The van der Waals surface area contributed by atoms with Gasteiger partial charge in [-0.2, -0.15) is 5.26 Å². The highest BCUT2D eigenvalue weighted by atomic mass is 16.5. The molecule has 1 aliphatic carbocycles. The molecule has 120 valence electrons. The minimum absolute atomic E-state index is 0.171. The van der Waals surface area contributed by atoms with E-state index in [4.69, 9.17) is 10.00 Å². The van der Waals surface area contributed by atoms with E-state index >= 15 is 0 Å². The Balaban J connectivity index is 1.81. The van der Waals surface area contributed by atoms with Crippen molar-refractivity contribution in [3.05, 3.63) is 71.3 Å². The molecule has 0 saturated heterocycles. The Morgan fingerprint density at radius 1 is 1.12 bits per heavy atom. The number of nitrogens with zero attached hydrogens (tertiary/aromatic N) is 1. The van der Waals surface area contributed by atoms with Gasteiger partial charge < -0.3 is 10.1 Å². The average molecular weight is 320 g/mol. The molecule has 1 amide bonds. The van der Waals surface area contributed by atoms with Crippen LogP contribution in [0.4, 0.5) is 0 Å². The summed E-state index contributed by atoms with van der Waals surface area (Å²) in [4.78, 5) is 24.8. The van der Waals surface area contributed by atoms with E-state index < -0.39 is 12.1 Å². The molecule has 24 heavy (non-hydrogen) atoms. The summed E-state index contributed by atoms with van der Waals surface area (Å²) in [7, 11) is 0. The third-order valence-electron chi connectivity index (χ3n) is 3.72. The monoisotopic (exact) mass is 320 g/mol. The topological polar surface area (TPSA) is 79.2 Å². The van der Waals surface area contributed by atoms with E-state index in [1.54, 1.807) is 42.5 Å². The molecule has 1 aliphatic rings. The van der Waals surface area contributed by atoms with Crippen LogP contribution in [0.15, 0.2) is 54.6 Å². The largest absolute Gasteiger partial charge is 0.444 e. The number of nitriles is 1. The Morgan fingerprint density at radius 3 is 2.54 bits per heavy atom. The van der Waals surface area contributed by atoms with Gasteiger partial charge in [0.25, 0.3) is 5.91 Å². The smallest absolute Gasteiger partial charge is 0.339 e. The van der Waals surface area contributed by atoms with Gasteiger partial charge in [-0.15, -0.1) is 0 Å². The van der Waals surface area contributed by atoms with Gasteiger partial charge in [-0.1, -0.05) is 36.4 Å². The molecule has 1 unspecified atom stereocenters. The van der Waals surface area contributed by atoms with Crippen molar-refractivity contribution in [2.75, 3.05) is 0 Å². The summed E-state index contributed by atoms with van der Waals surface area (Å²) in [6, 6.07) is 17.3. The van der Waals surface area contributed by atoms with Gasteiger partial charge in [-0.3, -0.25) is 4.79 Å². The van der Waals surface area contributed by atoms with Gasteiger partial charge in [-0.05, 0) is 31.0 Å². The van der Waals surface area contributed by atoms with Crippen molar-refractivity contribution in [1.82, 2.24) is 5.32 Å². The number of hydrogen-bond donors (Lipinski definition) is 1. The van der Waals surface area contributed by atoms with Gasteiger partial charge >= 0.3 is 5.97 Å². The molecule has 3 rings (SSSR count). The zero-order valence-corrected chi connectivity index (χ0v) is 12.9. The SMILES string of the molecule is N#Cc1cccc(C(=O)OC(C(=O)NC2CC2)c2ccccc2)c1. The summed E-state index contributed by atoms with van der Waals surface area (Å²) in [5.74, 6) is -0.958. The average Bonchev–Trinajstić information content (AvgIpc) is 3.44. The Kier molecular flexibility index (Phi) is 4.57. The zero-order valence-electron chi connectivity index (χ0n) is 12.9. The number of carbonyl (C=O) groups is 2. The molecule has 0 spiro atoms. The molecule has 0 radical (unpaired) electrons. The van der Waals surface area contributed by atoms with E-state index in [0.29, 0.717) is 11.1 Å². The maximum Gasteiger partial charge on any atom is 0.339 e. The summed E-state index contributed by atoms with van der Waals surface area (Å²) in [5, 5.41) is 11.8. The van der Waals surface area contributed by atoms with Gasteiger partial charge in [0.05, 0.1) is 17.2 Å². The van der Waals surface area contributed by atoms with Crippen LogP contribution in [-0.4, -0.2) is 17.9 Å². The molecule has 1 saturated carbocycles. The van der Waals surface area contributed by atoms with Crippen molar-refractivity contribution < 1.29 is 14.3 Å². The second-order valence-corrected chi connectivity index (χ2v) is 5.67. The van der Waals surface area contributed by atoms with Crippen molar-refractivity contribution in [2.45, 2.75) is 25.0 Å². The predicted molar refractivity (Wildman–Crippen MR) is 86.9 cm³/mol. The Morgan fingerprint density at radius 2 is 1.88 bits per heavy atom. The fourth-order valence-electron chi connectivity index (χ4n) is 2.30. The first-order valence-electron chi connectivity index (χ1n) is 7.74. The van der Waals surface area contributed by atoms with Gasteiger partial charge in [0.2, 0.25) is 6.10 Å². The number of ether oxygens (including phenoxy) is 1. The first kappa shape index (κ1) is 15.8. The highest BCUT2D eigenvalue weighted by molar-refractivity contribution is 5.93. The molecule has 1 fully saturated rings. The van der Waals surface area contributed by atoms with Crippen molar-refractivity contribution in [3.63, 3.8) is 0 Å². The van der Waals surface area contributed by atoms with Crippen molar-refractivity contribution >= 4 is 11.9 Å². The molecule has 1 atom stereocenters. The summed E-state index contributed by atoms with van der Waals surface area (Å²) in [6.45, 7) is 0. The summed E-state index contributed by atoms with van der Waals surface area (Å²) in [5.41, 5.74) is 1.22. The van der Waals surface area contributed by atoms with Crippen LogP contribution in [0.5, 0.6) is 0 Å². The standard InChI is InChI=1S/C19H16N2O3/c20-12-13-5-4-8-15(11-13)19(23)24-17(14-6-2-1-3-7-14)18(22)21-16-9-10-16/h1-8,11,16-17H,9-10H2,(H,21,22). The first-order valence-corrected chi connectivity index (χ1v) is 7.74. The second-order valence-electron chi connectivity index (χ2n) is 5.67. The summed E-state index contributed by atoms with van der Waals surface area (Å²) >= 11 is 0. The number of carbonyl (C=O) groups excluding carboxylic acids is 2. The number of esters is 1. The van der Waals surface area contributed by atoms with Crippen LogP contribution in [0.25, 0.3) is 0 Å².